The molecule has 1 fully saturated rings. The Morgan fingerprint density at radius 1 is 0.897 bits per heavy atom. The fourth-order valence-electron chi connectivity index (χ4n) is 5.23. The zero-order chi connectivity index (χ0) is 28.3. The number of alkyl halides is 6. The highest BCUT2D eigenvalue weighted by Crippen LogP contribution is 2.41. The quantitative estimate of drug-likeness (QED) is 0.312. The van der Waals surface area contributed by atoms with Crippen molar-refractivity contribution >= 4 is 17.3 Å². The number of anilines is 1. The summed E-state index contributed by atoms with van der Waals surface area (Å²) in [6, 6.07) is 8.23. The van der Waals surface area contributed by atoms with E-state index in [2.05, 4.69) is 10.2 Å². The van der Waals surface area contributed by atoms with Crippen molar-refractivity contribution in [2.45, 2.75) is 63.6 Å². The fraction of sp³-hybridized carbons (Fsp3) is 0.462. The van der Waals surface area contributed by atoms with Crippen LogP contribution < -0.4 is 4.90 Å². The van der Waals surface area contributed by atoms with Gasteiger partial charge in [-0.05, 0) is 62.6 Å². The molecule has 0 amide bonds. The van der Waals surface area contributed by atoms with Gasteiger partial charge in [0.2, 0.25) is 0 Å². The molecule has 0 radical (unpaired) electrons. The molecule has 0 atom stereocenters. The maximum atomic E-state index is 14.7. The maximum Gasteiger partial charge on any atom is 0.419 e. The summed E-state index contributed by atoms with van der Waals surface area (Å²) < 4.78 is 98.0. The molecule has 0 saturated carbocycles. The Labute approximate surface area is 225 Å². The third kappa shape index (κ3) is 4.97. The summed E-state index contributed by atoms with van der Waals surface area (Å²) in [4.78, 5) is 2.86. The molecular weight excluding hydrogens is 551 g/mol. The normalized spacial score (nSPS) is 17.6. The van der Waals surface area contributed by atoms with Gasteiger partial charge in [-0.2, -0.15) is 26.3 Å². The van der Waals surface area contributed by atoms with E-state index in [1.165, 1.54) is 17.0 Å². The van der Waals surface area contributed by atoms with Crippen molar-refractivity contribution in [3.05, 3.63) is 70.0 Å². The number of halogens is 8. The predicted molar refractivity (Wildman–Crippen MR) is 131 cm³/mol. The third-order valence-corrected chi connectivity index (χ3v) is 7.93. The number of hydrogen-bond donors (Lipinski definition) is 0. The zero-order valence-electron chi connectivity index (χ0n) is 21.0. The topological polar surface area (TPSA) is 37.2 Å². The molecule has 5 rings (SSSR count). The van der Waals surface area contributed by atoms with E-state index in [9.17, 15) is 30.7 Å². The van der Waals surface area contributed by atoms with Gasteiger partial charge in [-0.3, -0.25) is 9.47 Å². The molecule has 210 valence electrons. The molecule has 0 bridgehead atoms. The minimum atomic E-state index is -4.80. The molecule has 2 aliphatic rings. The monoisotopic (exact) mass is 575 g/mol. The van der Waals surface area contributed by atoms with Crippen LogP contribution in [0.2, 0.25) is 5.02 Å². The van der Waals surface area contributed by atoms with Gasteiger partial charge in [-0.25, -0.2) is 4.39 Å². The van der Waals surface area contributed by atoms with E-state index in [0.717, 1.165) is 13.8 Å². The number of piperidine rings is 1. The van der Waals surface area contributed by atoms with E-state index >= 15 is 0 Å². The Hall–Kier alpha value is -2.86. The molecule has 0 aliphatic carbocycles. The number of benzene rings is 2. The summed E-state index contributed by atoms with van der Waals surface area (Å²) >= 11 is 6.21. The molecule has 0 spiro atoms. The molecule has 39 heavy (non-hydrogen) atoms. The Bertz CT molecular complexity index is 1370. The first-order valence-electron chi connectivity index (χ1n) is 12.3. The first-order chi connectivity index (χ1) is 18.2. The lowest BCUT2D eigenvalue weighted by Gasteiger charge is -2.38. The molecule has 3 aromatic rings. The van der Waals surface area contributed by atoms with Crippen LogP contribution in [-0.4, -0.2) is 44.5 Å². The van der Waals surface area contributed by atoms with Crippen molar-refractivity contribution in [1.82, 2.24) is 19.7 Å². The molecule has 1 saturated heterocycles. The number of hydrogen-bond acceptors (Lipinski definition) is 4. The van der Waals surface area contributed by atoms with Gasteiger partial charge in [0.25, 0.3) is 0 Å². The number of rotatable bonds is 3. The Morgan fingerprint density at radius 2 is 1.59 bits per heavy atom. The second-order valence-corrected chi connectivity index (χ2v) is 10.8. The van der Waals surface area contributed by atoms with Gasteiger partial charge in [0.05, 0.1) is 23.5 Å². The van der Waals surface area contributed by atoms with Crippen molar-refractivity contribution in [2.24, 2.45) is 0 Å². The lowest BCUT2D eigenvalue weighted by molar-refractivity contribution is -0.224. The van der Waals surface area contributed by atoms with Gasteiger partial charge in [0.1, 0.15) is 11.4 Å². The van der Waals surface area contributed by atoms with Crippen molar-refractivity contribution in [2.75, 3.05) is 18.0 Å². The van der Waals surface area contributed by atoms with Gasteiger partial charge in [0.15, 0.2) is 11.6 Å². The lowest BCUT2D eigenvalue weighted by atomic mass is 9.95. The molecule has 0 N–H and O–H groups in total. The van der Waals surface area contributed by atoms with Crippen molar-refractivity contribution in [3.63, 3.8) is 0 Å². The van der Waals surface area contributed by atoms with E-state index in [1.807, 2.05) is 0 Å². The van der Waals surface area contributed by atoms with Crippen molar-refractivity contribution in [1.29, 1.82) is 0 Å². The minimum Gasteiger partial charge on any atom is -0.369 e. The summed E-state index contributed by atoms with van der Waals surface area (Å²) in [6.07, 6.45) is -8.43. The first-order valence-corrected chi connectivity index (χ1v) is 12.7. The smallest absolute Gasteiger partial charge is 0.369 e. The first kappa shape index (κ1) is 27.7. The van der Waals surface area contributed by atoms with Crippen LogP contribution in [0.1, 0.15) is 55.4 Å². The molecular formula is C26H25ClF7N5. The zero-order valence-corrected chi connectivity index (χ0v) is 21.8. The van der Waals surface area contributed by atoms with Crippen LogP contribution in [0.5, 0.6) is 0 Å². The van der Waals surface area contributed by atoms with Gasteiger partial charge < -0.3 is 4.90 Å². The van der Waals surface area contributed by atoms with E-state index in [4.69, 9.17) is 11.6 Å². The Balaban J connectivity index is 1.46. The van der Waals surface area contributed by atoms with Crippen LogP contribution in [0.15, 0.2) is 36.4 Å². The maximum absolute atomic E-state index is 14.7. The molecule has 13 heteroatoms. The van der Waals surface area contributed by atoms with E-state index in [0.29, 0.717) is 46.8 Å². The third-order valence-electron chi connectivity index (χ3n) is 7.70. The molecule has 2 aromatic carbocycles. The second kappa shape index (κ2) is 9.65. The average Bonchev–Trinajstić information content (AvgIpc) is 3.18. The van der Waals surface area contributed by atoms with Crippen LogP contribution >= 0.6 is 11.6 Å². The largest absolute Gasteiger partial charge is 0.419 e. The average molecular weight is 576 g/mol. The highest BCUT2D eigenvalue weighted by Gasteiger charge is 2.52. The molecule has 0 unspecified atom stereocenters. The highest BCUT2D eigenvalue weighted by molar-refractivity contribution is 6.30. The van der Waals surface area contributed by atoms with Gasteiger partial charge >= 0.3 is 12.4 Å². The van der Waals surface area contributed by atoms with E-state index < -0.39 is 29.3 Å². The van der Waals surface area contributed by atoms with Crippen molar-refractivity contribution < 1.29 is 30.7 Å². The number of fused-ring (bicyclic) bond motifs is 3. The summed E-state index contributed by atoms with van der Waals surface area (Å²) in [5, 5.41) is 9.00. The van der Waals surface area contributed by atoms with E-state index in [-0.39, 0.29) is 37.8 Å². The van der Waals surface area contributed by atoms with Crippen LogP contribution in [-0.2, 0) is 19.3 Å². The predicted octanol–water partition coefficient (Wildman–Crippen LogP) is 7.12. The standard InChI is InChI=1S/C26H25ClF7N5/c1-24(2,26(32,33)34)38-13-16-12-17(27)6-7-19(16)39-21(14-38)35-36-23(39)15-8-10-37(11-9-15)20-5-3-4-18(22(20)28)25(29,30)31/h3-7,12,15H,8-11,13-14H2,1-2H3. The van der Waals surface area contributed by atoms with Gasteiger partial charge in [0, 0.05) is 30.6 Å². The van der Waals surface area contributed by atoms with E-state index in [1.54, 1.807) is 27.7 Å². The van der Waals surface area contributed by atoms with Crippen LogP contribution in [0, 0.1) is 5.82 Å². The minimum absolute atomic E-state index is 0.0154. The summed E-state index contributed by atoms with van der Waals surface area (Å²) in [6.45, 7) is 2.65. The SMILES string of the molecule is CC(C)(N1Cc2cc(Cl)ccc2-n2c(nnc2C2CCN(c3cccc(C(F)(F)F)c3F)CC2)C1)C(F)(F)F. The summed E-state index contributed by atoms with van der Waals surface area (Å²) in [5.41, 5.74) is -2.38. The molecule has 1 aromatic heterocycles. The lowest BCUT2D eigenvalue weighted by Crippen LogP contribution is -2.53. The highest BCUT2D eigenvalue weighted by atomic mass is 35.5. The Kier molecular flexibility index (Phi) is 6.85. The summed E-state index contributed by atoms with van der Waals surface area (Å²) in [5.74, 6) is -0.612. The summed E-state index contributed by atoms with van der Waals surface area (Å²) in [7, 11) is 0. The van der Waals surface area contributed by atoms with Crippen LogP contribution in [0.3, 0.4) is 0 Å². The van der Waals surface area contributed by atoms with Crippen LogP contribution in [0.25, 0.3) is 5.69 Å². The number of aromatic nitrogens is 3. The second-order valence-electron chi connectivity index (χ2n) is 10.4. The molecule has 2 aliphatic heterocycles. The molecule has 5 nitrogen and oxygen atoms in total. The fourth-order valence-corrected chi connectivity index (χ4v) is 5.42. The van der Waals surface area contributed by atoms with Gasteiger partial charge in [-0.1, -0.05) is 17.7 Å². The van der Waals surface area contributed by atoms with Gasteiger partial charge in [-0.15, -0.1) is 10.2 Å². The van der Waals surface area contributed by atoms with Crippen LogP contribution in [0.4, 0.5) is 36.4 Å². The molecule has 3 heterocycles. The van der Waals surface area contributed by atoms with Crippen molar-refractivity contribution in [3.8, 4) is 5.69 Å². The Morgan fingerprint density at radius 3 is 2.23 bits per heavy atom. The number of nitrogens with zero attached hydrogens (tertiary/aromatic N) is 5.